The molecular formula is C18H22ClN3OS2. The quantitative estimate of drug-likeness (QED) is 0.819. The Morgan fingerprint density at radius 3 is 2.56 bits per heavy atom. The number of thioether (sulfide) groups is 1. The molecule has 0 radical (unpaired) electrons. The first-order chi connectivity index (χ1) is 12.1. The molecule has 4 nitrogen and oxygen atoms in total. The van der Waals surface area contributed by atoms with Crippen LogP contribution in [0.4, 0.5) is 10.5 Å². The second kappa shape index (κ2) is 8.83. The summed E-state index contributed by atoms with van der Waals surface area (Å²) in [4.78, 5) is 17.4. The van der Waals surface area contributed by atoms with Crippen LogP contribution >= 0.6 is 34.7 Å². The molecule has 0 aliphatic carbocycles. The normalized spacial score (nSPS) is 14.4. The van der Waals surface area contributed by atoms with Crippen LogP contribution in [0, 0.1) is 0 Å². The minimum Gasteiger partial charge on any atom is -0.370 e. The van der Waals surface area contributed by atoms with E-state index in [4.69, 9.17) is 11.6 Å². The van der Waals surface area contributed by atoms with Crippen molar-refractivity contribution in [2.75, 3.05) is 36.5 Å². The van der Waals surface area contributed by atoms with E-state index < -0.39 is 0 Å². The maximum atomic E-state index is 12.2. The van der Waals surface area contributed by atoms with Crippen molar-refractivity contribution in [3.63, 3.8) is 0 Å². The Morgan fingerprint density at radius 2 is 1.92 bits per heavy atom. The molecule has 1 saturated heterocycles. The molecule has 1 aromatic carbocycles. The molecule has 134 valence electrons. The number of halogens is 1. The number of hydrogen-bond donors (Lipinski definition) is 1. The van der Waals surface area contributed by atoms with Crippen molar-refractivity contribution in [3.8, 4) is 0 Å². The number of urea groups is 1. The summed E-state index contributed by atoms with van der Waals surface area (Å²) in [6.07, 6.45) is 0. The van der Waals surface area contributed by atoms with Crippen LogP contribution in [0.3, 0.4) is 0 Å². The third-order valence-corrected chi connectivity index (χ3v) is 6.28. The van der Waals surface area contributed by atoms with Gasteiger partial charge in [-0.1, -0.05) is 23.7 Å². The van der Waals surface area contributed by atoms with Crippen molar-refractivity contribution in [1.29, 1.82) is 0 Å². The predicted molar refractivity (Wildman–Crippen MR) is 109 cm³/mol. The summed E-state index contributed by atoms with van der Waals surface area (Å²) in [7, 11) is 1.79. The van der Waals surface area contributed by atoms with Crippen LogP contribution in [0.25, 0.3) is 0 Å². The number of anilines is 1. The van der Waals surface area contributed by atoms with Gasteiger partial charge in [0.1, 0.15) is 0 Å². The van der Waals surface area contributed by atoms with Gasteiger partial charge in [0.2, 0.25) is 0 Å². The van der Waals surface area contributed by atoms with E-state index in [1.165, 1.54) is 28.5 Å². The van der Waals surface area contributed by atoms with E-state index in [1.807, 2.05) is 23.9 Å². The van der Waals surface area contributed by atoms with Crippen molar-refractivity contribution in [2.45, 2.75) is 13.1 Å². The van der Waals surface area contributed by atoms with E-state index in [2.05, 4.69) is 34.5 Å². The summed E-state index contributed by atoms with van der Waals surface area (Å²) in [5, 5.41) is 2.97. The van der Waals surface area contributed by atoms with Gasteiger partial charge in [0.15, 0.2) is 0 Å². The molecule has 25 heavy (non-hydrogen) atoms. The zero-order chi connectivity index (χ0) is 17.6. The van der Waals surface area contributed by atoms with Crippen molar-refractivity contribution in [3.05, 3.63) is 51.2 Å². The number of hydrogen-bond acceptors (Lipinski definition) is 4. The lowest BCUT2D eigenvalue weighted by Crippen LogP contribution is -2.36. The molecule has 1 N–H and O–H groups in total. The van der Waals surface area contributed by atoms with Crippen molar-refractivity contribution >= 4 is 46.4 Å². The van der Waals surface area contributed by atoms with E-state index in [1.54, 1.807) is 11.9 Å². The Kier molecular flexibility index (Phi) is 6.51. The third-order valence-electron chi connectivity index (χ3n) is 4.12. The molecule has 1 aromatic heterocycles. The van der Waals surface area contributed by atoms with E-state index in [9.17, 15) is 4.79 Å². The lowest BCUT2D eigenvalue weighted by molar-refractivity contribution is 0.207. The van der Waals surface area contributed by atoms with Gasteiger partial charge in [-0.3, -0.25) is 0 Å². The van der Waals surface area contributed by atoms with Crippen LogP contribution < -0.4 is 10.2 Å². The van der Waals surface area contributed by atoms with Gasteiger partial charge in [0, 0.05) is 48.8 Å². The SMILES string of the molecule is CN(Cc1ccc(Cl)s1)C(=O)NCc1ccc(N2CCSCC2)cc1. The van der Waals surface area contributed by atoms with E-state index >= 15 is 0 Å². The Labute approximate surface area is 162 Å². The minimum absolute atomic E-state index is 0.0818. The molecule has 0 atom stereocenters. The average molecular weight is 396 g/mol. The fourth-order valence-electron chi connectivity index (χ4n) is 2.70. The maximum Gasteiger partial charge on any atom is 0.317 e. The van der Waals surface area contributed by atoms with Crippen molar-refractivity contribution in [1.82, 2.24) is 10.2 Å². The number of thiophene rings is 1. The summed E-state index contributed by atoms with van der Waals surface area (Å²) in [6, 6.07) is 12.2. The van der Waals surface area contributed by atoms with Gasteiger partial charge < -0.3 is 15.1 Å². The largest absolute Gasteiger partial charge is 0.370 e. The highest BCUT2D eigenvalue weighted by molar-refractivity contribution is 7.99. The average Bonchev–Trinajstić information content (AvgIpc) is 3.05. The molecule has 0 bridgehead atoms. The maximum absolute atomic E-state index is 12.2. The fourth-order valence-corrected chi connectivity index (χ4v) is 4.75. The second-order valence-electron chi connectivity index (χ2n) is 5.99. The van der Waals surface area contributed by atoms with E-state index in [0.717, 1.165) is 27.9 Å². The van der Waals surface area contributed by atoms with E-state index in [-0.39, 0.29) is 6.03 Å². The Bertz CT molecular complexity index is 699. The van der Waals surface area contributed by atoms with Crippen LogP contribution in [0.1, 0.15) is 10.4 Å². The Balaban J connectivity index is 1.48. The number of nitrogens with zero attached hydrogens (tertiary/aromatic N) is 2. The van der Waals surface area contributed by atoms with Gasteiger partial charge in [-0.15, -0.1) is 11.3 Å². The molecular weight excluding hydrogens is 374 g/mol. The second-order valence-corrected chi connectivity index (χ2v) is 9.01. The van der Waals surface area contributed by atoms with Crippen LogP contribution in [-0.4, -0.2) is 42.6 Å². The fraction of sp³-hybridized carbons (Fsp3) is 0.389. The number of amides is 2. The van der Waals surface area contributed by atoms with Crippen molar-refractivity contribution < 1.29 is 4.79 Å². The lowest BCUT2D eigenvalue weighted by atomic mass is 10.2. The first-order valence-electron chi connectivity index (χ1n) is 8.26. The number of carbonyl (C=O) groups excluding carboxylic acids is 1. The molecule has 0 unspecified atom stereocenters. The van der Waals surface area contributed by atoms with Crippen LogP contribution in [0.2, 0.25) is 4.34 Å². The number of nitrogens with one attached hydrogen (secondary N) is 1. The molecule has 2 heterocycles. The summed E-state index contributed by atoms with van der Waals surface area (Å²) in [6.45, 7) is 3.32. The van der Waals surface area contributed by atoms with Gasteiger partial charge in [-0.05, 0) is 29.8 Å². The first-order valence-corrected chi connectivity index (χ1v) is 10.6. The van der Waals surface area contributed by atoms with E-state index in [0.29, 0.717) is 13.1 Å². The molecule has 3 rings (SSSR count). The minimum atomic E-state index is -0.0818. The highest BCUT2D eigenvalue weighted by Crippen LogP contribution is 2.22. The van der Waals surface area contributed by atoms with Crippen LogP contribution in [-0.2, 0) is 13.1 Å². The summed E-state index contributed by atoms with van der Waals surface area (Å²) >= 11 is 9.44. The number of benzene rings is 1. The van der Waals surface area contributed by atoms with Gasteiger partial charge in [-0.2, -0.15) is 11.8 Å². The van der Waals surface area contributed by atoms with Gasteiger partial charge >= 0.3 is 6.03 Å². The molecule has 0 saturated carbocycles. The van der Waals surface area contributed by atoms with Gasteiger partial charge in [0.05, 0.1) is 10.9 Å². The molecule has 2 aromatic rings. The summed E-state index contributed by atoms with van der Waals surface area (Å²) in [5.41, 5.74) is 2.37. The first kappa shape index (κ1) is 18.4. The Hall–Kier alpha value is -1.37. The summed E-state index contributed by atoms with van der Waals surface area (Å²) < 4.78 is 0.746. The summed E-state index contributed by atoms with van der Waals surface area (Å²) in [5.74, 6) is 2.39. The molecule has 1 fully saturated rings. The number of rotatable bonds is 5. The van der Waals surface area contributed by atoms with Crippen LogP contribution in [0.5, 0.6) is 0 Å². The standard InChI is InChI=1S/C18H22ClN3OS2/c1-21(13-16-6-7-17(19)25-16)18(23)20-12-14-2-4-15(5-3-14)22-8-10-24-11-9-22/h2-7H,8-13H2,1H3,(H,20,23). The van der Waals surface area contributed by atoms with Gasteiger partial charge in [-0.25, -0.2) is 4.79 Å². The molecule has 1 aliphatic heterocycles. The topological polar surface area (TPSA) is 35.6 Å². The zero-order valence-electron chi connectivity index (χ0n) is 14.2. The molecule has 1 aliphatic rings. The number of carbonyl (C=O) groups is 1. The highest BCUT2D eigenvalue weighted by Gasteiger charge is 2.12. The third kappa shape index (κ3) is 5.30. The Morgan fingerprint density at radius 1 is 1.20 bits per heavy atom. The monoisotopic (exact) mass is 395 g/mol. The molecule has 7 heteroatoms. The van der Waals surface area contributed by atoms with Crippen molar-refractivity contribution in [2.24, 2.45) is 0 Å². The molecule has 2 amide bonds. The molecule has 0 spiro atoms. The van der Waals surface area contributed by atoms with Gasteiger partial charge in [0.25, 0.3) is 0 Å². The zero-order valence-corrected chi connectivity index (χ0v) is 16.6. The predicted octanol–water partition coefficient (Wildman–Crippen LogP) is 4.30. The smallest absolute Gasteiger partial charge is 0.317 e. The lowest BCUT2D eigenvalue weighted by Gasteiger charge is -2.28. The van der Waals surface area contributed by atoms with Crippen LogP contribution in [0.15, 0.2) is 36.4 Å². The highest BCUT2D eigenvalue weighted by atomic mass is 35.5.